The lowest BCUT2D eigenvalue weighted by Gasteiger charge is -2.01. The van der Waals surface area contributed by atoms with Gasteiger partial charge in [-0.3, -0.25) is 0 Å². The Morgan fingerprint density at radius 3 is 1.43 bits per heavy atom. The lowest BCUT2D eigenvalue weighted by molar-refractivity contribution is 0.175. The first kappa shape index (κ1) is 10.5. The largest absolute Gasteiger partial charge is 0.459 e. The average Bonchev–Trinajstić information content (AvgIpc) is 2.25. The Bertz CT molecular complexity index is 228. The second-order valence-electron chi connectivity index (χ2n) is 2.11. The van der Waals surface area contributed by atoms with Gasteiger partial charge >= 0.3 is 12.0 Å². The lowest BCUT2D eigenvalue weighted by Crippen LogP contribution is -2.09. The molecule has 0 spiro atoms. The molecule has 0 saturated heterocycles. The third-order valence-corrected chi connectivity index (χ3v) is 1.09. The van der Waals surface area contributed by atoms with Crippen molar-refractivity contribution in [2.45, 2.75) is 0 Å². The fourth-order valence-electron chi connectivity index (χ4n) is 0.600. The van der Waals surface area contributed by atoms with E-state index in [4.69, 9.17) is 19.7 Å². The summed E-state index contributed by atoms with van der Waals surface area (Å²) < 4.78 is 9.62. The predicted molar refractivity (Wildman–Crippen MR) is 42.8 cm³/mol. The molecule has 78 valence electrons. The van der Waals surface area contributed by atoms with Gasteiger partial charge in [0.25, 0.3) is 0 Å². The molecule has 0 aliphatic heterocycles. The number of ether oxygens (including phenoxy) is 2. The second-order valence-corrected chi connectivity index (χ2v) is 2.11. The molecule has 1 aromatic heterocycles. The van der Waals surface area contributed by atoms with E-state index in [2.05, 4.69) is 20.4 Å². The molecule has 0 fully saturated rings. The molecule has 14 heavy (non-hydrogen) atoms. The van der Waals surface area contributed by atoms with Crippen LogP contribution in [0.4, 0.5) is 0 Å². The van der Waals surface area contributed by atoms with Crippen LogP contribution in [-0.2, 0) is 0 Å². The molecule has 1 heterocycles. The molecule has 1 rings (SSSR count). The Kier molecular flexibility index (Phi) is 4.51. The van der Waals surface area contributed by atoms with E-state index >= 15 is 0 Å². The Morgan fingerprint density at radius 2 is 1.14 bits per heavy atom. The summed E-state index contributed by atoms with van der Waals surface area (Å²) in [6.45, 7) is -0.0986. The number of aromatic nitrogens is 4. The maximum atomic E-state index is 8.42. The summed E-state index contributed by atoms with van der Waals surface area (Å²) in [4.78, 5) is 0. The fourth-order valence-corrected chi connectivity index (χ4v) is 0.600. The van der Waals surface area contributed by atoms with Crippen LogP contribution in [0, 0.1) is 0 Å². The molecule has 0 saturated carbocycles. The molecule has 8 heteroatoms. The average molecular weight is 202 g/mol. The minimum atomic E-state index is -0.133. The van der Waals surface area contributed by atoms with Gasteiger partial charge in [-0.05, 0) is 0 Å². The van der Waals surface area contributed by atoms with Gasteiger partial charge in [0.2, 0.25) is 0 Å². The number of nitrogens with zero attached hydrogens (tertiary/aromatic N) is 4. The molecule has 1 aromatic rings. The monoisotopic (exact) mass is 202 g/mol. The number of hydrogen-bond acceptors (Lipinski definition) is 8. The molecule has 0 unspecified atom stereocenters. The third-order valence-electron chi connectivity index (χ3n) is 1.09. The van der Waals surface area contributed by atoms with E-state index in [0.717, 1.165) is 0 Å². The van der Waals surface area contributed by atoms with Crippen molar-refractivity contribution in [3.05, 3.63) is 0 Å². The Hall–Kier alpha value is -1.54. The maximum Gasteiger partial charge on any atom is 0.355 e. The van der Waals surface area contributed by atoms with Gasteiger partial charge in [-0.2, -0.15) is 0 Å². The minimum Gasteiger partial charge on any atom is -0.459 e. The van der Waals surface area contributed by atoms with E-state index in [9.17, 15) is 0 Å². The van der Waals surface area contributed by atoms with E-state index < -0.39 is 0 Å². The highest BCUT2D eigenvalue weighted by molar-refractivity contribution is 4.90. The van der Waals surface area contributed by atoms with Crippen molar-refractivity contribution < 1.29 is 19.7 Å². The van der Waals surface area contributed by atoms with E-state index in [0.29, 0.717) is 0 Å². The zero-order valence-corrected chi connectivity index (χ0v) is 7.33. The van der Waals surface area contributed by atoms with Gasteiger partial charge in [-0.25, -0.2) is 0 Å². The summed E-state index contributed by atoms with van der Waals surface area (Å²) in [5.74, 6) is 0. The first-order chi connectivity index (χ1) is 6.86. The maximum absolute atomic E-state index is 8.42. The zero-order chi connectivity index (χ0) is 10.2. The van der Waals surface area contributed by atoms with E-state index in [1.807, 2.05) is 0 Å². The van der Waals surface area contributed by atoms with Crippen LogP contribution in [0.5, 0.6) is 12.0 Å². The van der Waals surface area contributed by atoms with Gasteiger partial charge in [0.15, 0.2) is 0 Å². The Morgan fingerprint density at radius 1 is 0.786 bits per heavy atom. The van der Waals surface area contributed by atoms with Crippen molar-refractivity contribution in [2.75, 3.05) is 26.4 Å². The fraction of sp³-hybridized carbons (Fsp3) is 0.667. The summed E-state index contributed by atoms with van der Waals surface area (Å²) in [5, 5.41) is 30.9. The van der Waals surface area contributed by atoms with Gasteiger partial charge in [0.05, 0.1) is 13.2 Å². The number of aliphatic hydroxyl groups excluding tert-OH is 2. The molecular weight excluding hydrogens is 192 g/mol. The molecule has 0 atom stereocenters. The highest BCUT2D eigenvalue weighted by Crippen LogP contribution is 2.00. The highest BCUT2D eigenvalue weighted by Gasteiger charge is 2.01. The smallest absolute Gasteiger partial charge is 0.355 e. The minimum absolute atomic E-state index is 0.0320. The molecule has 0 radical (unpaired) electrons. The van der Waals surface area contributed by atoms with Gasteiger partial charge < -0.3 is 19.7 Å². The predicted octanol–water partition coefficient (Wildman–Crippen LogP) is -1.99. The van der Waals surface area contributed by atoms with Crippen molar-refractivity contribution in [1.29, 1.82) is 0 Å². The van der Waals surface area contributed by atoms with Gasteiger partial charge in [0.1, 0.15) is 13.2 Å². The first-order valence-electron chi connectivity index (χ1n) is 3.91. The molecule has 0 amide bonds. The van der Waals surface area contributed by atoms with Gasteiger partial charge in [0, 0.05) is 0 Å². The zero-order valence-electron chi connectivity index (χ0n) is 7.33. The van der Waals surface area contributed by atoms with E-state index in [1.165, 1.54) is 0 Å². The Labute approximate surface area is 79.5 Å². The van der Waals surface area contributed by atoms with Crippen LogP contribution in [0.2, 0.25) is 0 Å². The quantitative estimate of drug-likeness (QED) is 0.545. The molecule has 0 aliphatic carbocycles. The topological polar surface area (TPSA) is 110 Å². The van der Waals surface area contributed by atoms with Crippen LogP contribution >= 0.6 is 0 Å². The van der Waals surface area contributed by atoms with E-state index in [1.54, 1.807) is 0 Å². The first-order valence-corrected chi connectivity index (χ1v) is 3.91. The molecule has 0 aliphatic rings. The summed E-state index contributed by atoms with van der Waals surface area (Å²) in [5.41, 5.74) is 0. The number of hydrogen-bond donors (Lipinski definition) is 2. The standard InChI is InChI=1S/C6H10N4O4/c11-1-3-13-5-7-9-6(10-8-5)14-4-2-12/h11-12H,1-4H2. The molecular formula is C6H10N4O4. The van der Waals surface area contributed by atoms with Crippen LogP contribution in [0.1, 0.15) is 0 Å². The molecule has 8 nitrogen and oxygen atoms in total. The Balaban J connectivity index is 2.42. The van der Waals surface area contributed by atoms with Gasteiger partial charge in [-0.1, -0.05) is 20.4 Å². The summed E-state index contributed by atoms with van der Waals surface area (Å²) in [7, 11) is 0. The van der Waals surface area contributed by atoms with Crippen molar-refractivity contribution in [3.63, 3.8) is 0 Å². The lowest BCUT2D eigenvalue weighted by atomic mass is 10.8. The molecule has 0 aromatic carbocycles. The van der Waals surface area contributed by atoms with E-state index in [-0.39, 0.29) is 38.4 Å². The van der Waals surface area contributed by atoms with Crippen molar-refractivity contribution in [3.8, 4) is 12.0 Å². The van der Waals surface area contributed by atoms with Crippen LogP contribution < -0.4 is 9.47 Å². The summed E-state index contributed by atoms with van der Waals surface area (Å²) in [6, 6.07) is -0.0641. The molecule has 2 N–H and O–H groups in total. The number of rotatable bonds is 6. The van der Waals surface area contributed by atoms with Crippen LogP contribution in [0.25, 0.3) is 0 Å². The van der Waals surface area contributed by atoms with Crippen molar-refractivity contribution in [1.82, 2.24) is 20.4 Å². The van der Waals surface area contributed by atoms with Crippen LogP contribution in [-0.4, -0.2) is 57.0 Å². The van der Waals surface area contributed by atoms with Crippen LogP contribution in [0.15, 0.2) is 0 Å². The summed E-state index contributed by atoms with van der Waals surface area (Å²) in [6.07, 6.45) is 0. The van der Waals surface area contributed by atoms with Gasteiger partial charge in [-0.15, -0.1) is 0 Å². The third kappa shape index (κ3) is 3.46. The summed E-state index contributed by atoms with van der Waals surface area (Å²) >= 11 is 0. The van der Waals surface area contributed by atoms with Crippen molar-refractivity contribution in [2.24, 2.45) is 0 Å². The van der Waals surface area contributed by atoms with Crippen LogP contribution in [0.3, 0.4) is 0 Å². The highest BCUT2D eigenvalue weighted by atomic mass is 16.5. The second kappa shape index (κ2) is 6.00. The SMILES string of the molecule is OCCOc1nnc(OCCO)nn1. The number of aliphatic hydroxyl groups is 2. The van der Waals surface area contributed by atoms with Crippen molar-refractivity contribution >= 4 is 0 Å². The normalized spacial score (nSPS) is 9.86. The molecule has 0 bridgehead atoms.